The number of non-ortho nitro benzene ring substituents is 1. The van der Waals surface area contributed by atoms with Gasteiger partial charge >= 0.3 is 0 Å². The second-order valence-corrected chi connectivity index (χ2v) is 19.8. The summed E-state index contributed by atoms with van der Waals surface area (Å²) in [7, 11) is 0.692. The Hall–Kier alpha value is -5.90. The van der Waals surface area contributed by atoms with Gasteiger partial charge in [-0.15, -0.1) is 5.10 Å². The molecule has 14 nitrogen and oxygen atoms in total. The zero-order chi connectivity index (χ0) is 40.5. The summed E-state index contributed by atoms with van der Waals surface area (Å²) in [5.74, 6) is 0.397. The van der Waals surface area contributed by atoms with Crippen molar-refractivity contribution in [1.82, 2.24) is 15.0 Å². The maximum absolute atomic E-state index is 15.3. The highest BCUT2D eigenvalue weighted by atomic mass is 28.3. The molecule has 4 atom stereocenters. The molecular formula is C42H46N6O8Si. The molecule has 0 saturated carbocycles. The number of aromatic nitrogens is 3. The van der Waals surface area contributed by atoms with E-state index in [0.29, 0.717) is 53.3 Å². The number of ether oxygens (including phenoxy) is 3. The maximum atomic E-state index is 15.3. The highest BCUT2D eigenvalue weighted by molar-refractivity contribution is 6.91. The summed E-state index contributed by atoms with van der Waals surface area (Å²) in [6, 6.07) is 26.7. The van der Waals surface area contributed by atoms with Crippen molar-refractivity contribution in [1.29, 1.82) is 0 Å². The van der Waals surface area contributed by atoms with Gasteiger partial charge in [0.05, 0.1) is 51.2 Å². The second-order valence-electron chi connectivity index (χ2n) is 15.1. The van der Waals surface area contributed by atoms with Crippen molar-refractivity contribution in [3.63, 3.8) is 0 Å². The number of nitro groups is 1. The first-order chi connectivity index (χ1) is 27.4. The Bertz CT molecular complexity index is 2280. The Morgan fingerprint density at radius 2 is 1.72 bits per heavy atom. The minimum atomic E-state index is -2.50. The molecule has 0 radical (unpaired) electrons. The molecule has 3 heterocycles. The molecule has 2 aliphatic rings. The fourth-order valence-corrected chi connectivity index (χ4v) is 12.7. The molecule has 15 heteroatoms. The zero-order valence-corrected chi connectivity index (χ0v) is 33.5. The number of nitrogens with zero attached hydrogens (tertiary/aromatic N) is 5. The molecular weight excluding hydrogens is 745 g/mol. The molecule has 1 aromatic heterocycles. The average Bonchev–Trinajstić information content (AvgIpc) is 3.86. The van der Waals surface area contributed by atoms with Crippen LogP contribution >= 0.6 is 0 Å². The number of aliphatic hydroxyl groups is 1. The van der Waals surface area contributed by atoms with Gasteiger partial charge in [0.15, 0.2) is 5.60 Å². The van der Waals surface area contributed by atoms with Gasteiger partial charge in [0.1, 0.15) is 11.5 Å². The first-order valence-corrected chi connectivity index (χ1v) is 21.9. The Labute approximate surface area is 331 Å². The van der Waals surface area contributed by atoms with Crippen LogP contribution in [-0.2, 0) is 34.6 Å². The molecule has 7 rings (SSSR count). The van der Waals surface area contributed by atoms with Crippen LogP contribution in [0, 0.1) is 16.0 Å². The van der Waals surface area contributed by atoms with Crippen molar-refractivity contribution in [3.8, 4) is 11.5 Å². The van der Waals surface area contributed by atoms with Crippen LogP contribution in [0.4, 0.5) is 17.1 Å². The molecule has 296 valence electrons. The van der Waals surface area contributed by atoms with Gasteiger partial charge in [0.25, 0.3) is 17.5 Å². The number of anilines is 2. The van der Waals surface area contributed by atoms with E-state index in [1.54, 1.807) is 66.4 Å². The largest absolute Gasteiger partial charge is 0.497 e. The molecule has 0 bridgehead atoms. The Kier molecular flexibility index (Phi) is 11.0. The number of aryl methyl sites for hydroxylation is 1. The minimum absolute atomic E-state index is 0.0407. The van der Waals surface area contributed by atoms with Crippen LogP contribution in [0.15, 0.2) is 97.2 Å². The molecule has 0 aliphatic carbocycles. The van der Waals surface area contributed by atoms with Crippen molar-refractivity contribution in [2.75, 3.05) is 31.0 Å². The quantitative estimate of drug-likeness (QED) is 0.0791. The van der Waals surface area contributed by atoms with Gasteiger partial charge in [-0.1, -0.05) is 54.7 Å². The third-order valence-corrected chi connectivity index (χ3v) is 15.9. The van der Waals surface area contributed by atoms with Crippen LogP contribution in [0.2, 0.25) is 18.6 Å². The molecule has 4 aromatic carbocycles. The van der Waals surface area contributed by atoms with Crippen LogP contribution in [0.5, 0.6) is 11.5 Å². The van der Waals surface area contributed by atoms with Crippen molar-refractivity contribution in [3.05, 3.63) is 130 Å². The van der Waals surface area contributed by atoms with Gasteiger partial charge < -0.3 is 29.5 Å². The lowest BCUT2D eigenvalue weighted by atomic mass is 9.82. The normalized spacial score (nSPS) is 20.1. The van der Waals surface area contributed by atoms with E-state index in [9.17, 15) is 20.0 Å². The second kappa shape index (κ2) is 15.9. The van der Waals surface area contributed by atoms with Crippen molar-refractivity contribution < 1.29 is 33.8 Å². The number of rotatable bonds is 14. The van der Waals surface area contributed by atoms with Gasteiger partial charge in [0, 0.05) is 60.6 Å². The summed E-state index contributed by atoms with van der Waals surface area (Å²) in [6.45, 7) is 7.13. The van der Waals surface area contributed by atoms with E-state index in [4.69, 9.17) is 14.2 Å². The van der Waals surface area contributed by atoms with E-state index >= 15 is 4.79 Å². The first kappa shape index (κ1) is 39.3. The molecule has 1 spiro atoms. The van der Waals surface area contributed by atoms with Crippen LogP contribution in [0.1, 0.15) is 40.5 Å². The first-order valence-electron chi connectivity index (χ1n) is 18.9. The summed E-state index contributed by atoms with van der Waals surface area (Å²) in [6.07, 6.45) is 2.26. The molecule has 1 saturated heterocycles. The predicted molar refractivity (Wildman–Crippen MR) is 217 cm³/mol. The van der Waals surface area contributed by atoms with Gasteiger partial charge in [-0.25, -0.2) is 0 Å². The smallest absolute Gasteiger partial charge is 0.269 e. The molecule has 5 aromatic rings. The van der Waals surface area contributed by atoms with Crippen molar-refractivity contribution in [2.24, 2.45) is 5.92 Å². The topological polar surface area (TPSA) is 171 Å². The highest BCUT2D eigenvalue weighted by Gasteiger charge is 2.66. The van der Waals surface area contributed by atoms with E-state index in [2.05, 4.69) is 40.9 Å². The standard InChI is InChI=1S/C42H46N6O8Si/c1-27-39(57(4,5)35-16-14-34(55-3)15-17-35)38(19-21-46-26-31(20-22-49)44-45-46)56-42(27)36-24-32(48(52)53)11-18-37(36)47(41(42)51)25-28-7-6-8-30(23-28)43-40(50)29-9-12-33(54-2)13-10-29/h6-18,23-24,26-27,38-39,49H,19-22,25H2,1-5H3,(H,43,50)/t27-,38+,39-,42+/m1/s1. The summed E-state index contributed by atoms with van der Waals surface area (Å²) in [5, 5.41) is 34.2. The molecule has 0 unspecified atom stereocenters. The Morgan fingerprint density at radius 3 is 2.39 bits per heavy atom. The summed E-state index contributed by atoms with van der Waals surface area (Å²) >= 11 is 0. The number of aliphatic hydroxyl groups excluding tert-OH is 1. The fraction of sp³-hybridized carbons (Fsp3) is 0.333. The molecule has 2 aliphatic heterocycles. The summed E-state index contributed by atoms with van der Waals surface area (Å²) < 4.78 is 19.6. The monoisotopic (exact) mass is 790 g/mol. The third-order valence-electron chi connectivity index (χ3n) is 11.5. The highest BCUT2D eigenvalue weighted by Crippen LogP contribution is 2.60. The van der Waals surface area contributed by atoms with E-state index in [-0.39, 0.29) is 42.1 Å². The lowest BCUT2D eigenvalue weighted by molar-refractivity contribution is -0.385. The van der Waals surface area contributed by atoms with E-state index in [1.165, 1.54) is 12.1 Å². The van der Waals surface area contributed by atoms with E-state index in [0.717, 1.165) is 16.5 Å². The number of methoxy groups -OCH3 is 2. The number of hydrogen-bond donors (Lipinski definition) is 2. The van der Waals surface area contributed by atoms with Crippen LogP contribution in [-0.4, -0.2) is 71.8 Å². The number of hydrogen-bond acceptors (Lipinski definition) is 10. The molecule has 2 N–H and O–H groups in total. The number of benzene rings is 4. The predicted octanol–water partition coefficient (Wildman–Crippen LogP) is 5.84. The summed E-state index contributed by atoms with van der Waals surface area (Å²) in [5.41, 5.74) is 1.67. The number of amides is 2. The number of nitrogens with one attached hydrogen (secondary N) is 1. The molecule has 1 fully saturated rings. The number of fused-ring (bicyclic) bond motifs is 2. The molecule has 57 heavy (non-hydrogen) atoms. The van der Waals surface area contributed by atoms with Crippen molar-refractivity contribution in [2.45, 2.75) is 63.2 Å². The lowest BCUT2D eigenvalue weighted by Crippen LogP contribution is -2.51. The van der Waals surface area contributed by atoms with Crippen molar-refractivity contribution >= 4 is 42.1 Å². The van der Waals surface area contributed by atoms with Gasteiger partial charge in [-0.3, -0.25) is 24.4 Å². The fourth-order valence-electron chi connectivity index (χ4n) is 8.65. The summed E-state index contributed by atoms with van der Waals surface area (Å²) in [4.78, 5) is 41.8. The molecule has 2 amide bonds. The van der Waals surface area contributed by atoms with E-state index < -0.39 is 24.7 Å². The van der Waals surface area contributed by atoms with Crippen LogP contribution < -0.4 is 24.9 Å². The number of carbonyl (C=O) groups is 2. The number of carbonyl (C=O) groups excluding carboxylic acids is 2. The maximum Gasteiger partial charge on any atom is 0.269 e. The Balaban J connectivity index is 1.25. The number of nitro benzene ring substituents is 1. The minimum Gasteiger partial charge on any atom is -0.497 e. The van der Waals surface area contributed by atoms with Gasteiger partial charge in [0.2, 0.25) is 0 Å². The van der Waals surface area contributed by atoms with Gasteiger partial charge in [-0.2, -0.15) is 0 Å². The third kappa shape index (κ3) is 7.41. The Morgan fingerprint density at radius 1 is 1.02 bits per heavy atom. The average molecular weight is 791 g/mol. The zero-order valence-electron chi connectivity index (χ0n) is 32.5. The van der Waals surface area contributed by atoms with E-state index in [1.807, 2.05) is 37.3 Å². The van der Waals surface area contributed by atoms with Crippen LogP contribution in [0.25, 0.3) is 0 Å². The SMILES string of the molecule is COc1ccc(C(=O)Nc2cccc(CN3C(=O)[C@@]4(O[C@@H](CCn5cc(CCO)nn5)[C@H]([Si](C)(C)c5ccc(OC)cc5)[C@H]4C)c4cc([N+](=O)[O-])ccc43)c2)cc1. The van der Waals surface area contributed by atoms with Gasteiger partial charge in [-0.05, 0) is 72.1 Å². The lowest BCUT2D eigenvalue weighted by Gasteiger charge is -2.37. The van der Waals surface area contributed by atoms with Crippen LogP contribution in [0.3, 0.4) is 0 Å².